The third kappa shape index (κ3) is 8.86. The van der Waals surface area contributed by atoms with Gasteiger partial charge in [-0.15, -0.1) is 0 Å². The third-order valence-corrected chi connectivity index (χ3v) is 3.35. The summed E-state index contributed by atoms with van der Waals surface area (Å²) in [6.45, 7) is 9.24. The predicted octanol–water partition coefficient (Wildman–Crippen LogP) is 1.72. The standard InChI is InChI=1S/C18H31N3O3/c1-4-19-18(20-11-12-23-5-2)21-13-17(22)14-24-15(3)16-9-7-6-8-10-16/h6-10,15,17,22H,4-5,11-14H2,1-3H3,(H2,19,20,21). The number of nitrogens with one attached hydrogen (secondary N) is 2. The fraction of sp³-hybridized carbons (Fsp3) is 0.611. The maximum absolute atomic E-state index is 10.1. The molecule has 0 bridgehead atoms. The van der Waals surface area contributed by atoms with Crippen LogP contribution < -0.4 is 10.6 Å². The molecule has 0 spiro atoms. The fourth-order valence-electron chi connectivity index (χ4n) is 2.05. The normalized spacial score (nSPS) is 14.2. The van der Waals surface area contributed by atoms with E-state index in [9.17, 15) is 5.11 Å². The number of rotatable bonds is 11. The van der Waals surface area contributed by atoms with E-state index in [2.05, 4.69) is 15.6 Å². The molecule has 0 aliphatic rings. The monoisotopic (exact) mass is 337 g/mol. The molecule has 0 saturated heterocycles. The molecule has 0 amide bonds. The van der Waals surface area contributed by atoms with Gasteiger partial charge in [0.15, 0.2) is 5.96 Å². The van der Waals surface area contributed by atoms with Crippen LogP contribution in [0.5, 0.6) is 0 Å². The molecule has 2 unspecified atom stereocenters. The summed E-state index contributed by atoms with van der Waals surface area (Å²) < 4.78 is 11.0. The van der Waals surface area contributed by atoms with Crippen LogP contribution >= 0.6 is 0 Å². The topological polar surface area (TPSA) is 75.1 Å². The van der Waals surface area contributed by atoms with Crippen LogP contribution in [0.3, 0.4) is 0 Å². The SMILES string of the molecule is CCNC(=NCC(O)COC(C)c1ccccc1)NCCOCC. The third-order valence-electron chi connectivity index (χ3n) is 3.35. The van der Waals surface area contributed by atoms with Gasteiger partial charge in [-0.1, -0.05) is 30.3 Å². The average Bonchev–Trinajstić information content (AvgIpc) is 2.61. The Morgan fingerprint density at radius 1 is 1.21 bits per heavy atom. The number of guanidine groups is 1. The first-order valence-corrected chi connectivity index (χ1v) is 8.61. The van der Waals surface area contributed by atoms with Crippen LogP contribution in [0.25, 0.3) is 0 Å². The number of ether oxygens (including phenoxy) is 2. The fourth-order valence-corrected chi connectivity index (χ4v) is 2.05. The number of nitrogens with zero attached hydrogens (tertiary/aromatic N) is 1. The van der Waals surface area contributed by atoms with Crippen LogP contribution in [0.4, 0.5) is 0 Å². The lowest BCUT2D eigenvalue weighted by Gasteiger charge is -2.16. The van der Waals surface area contributed by atoms with Crippen molar-refractivity contribution in [1.29, 1.82) is 0 Å². The quantitative estimate of drug-likeness (QED) is 0.326. The molecule has 0 aromatic heterocycles. The van der Waals surface area contributed by atoms with Gasteiger partial charge in [-0.25, -0.2) is 0 Å². The van der Waals surface area contributed by atoms with Crippen LogP contribution in [-0.2, 0) is 9.47 Å². The van der Waals surface area contributed by atoms with E-state index in [1.54, 1.807) is 0 Å². The van der Waals surface area contributed by atoms with Crippen molar-refractivity contribution in [2.24, 2.45) is 4.99 Å². The van der Waals surface area contributed by atoms with Crippen molar-refractivity contribution in [2.75, 3.05) is 39.5 Å². The van der Waals surface area contributed by atoms with Crippen LogP contribution in [0.2, 0.25) is 0 Å². The van der Waals surface area contributed by atoms with Crippen molar-refractivity contribution < 1.29 is 14.6 Å². The van der Waals surface area contributed by atoms with Gasteiger partial charge in [0.1, 0.15) is 0 Å². The van der Waals surface area contributed by atoms with Gasteiger partial charge >= 0.3 is 0 Å². The van der Waals surface area contributed by atoms with Gasteiger partial charge in [-0.2, -0.15) is 0 Å². The van der Waals surface area contributed by atoms with Crippen molar-refractivity contribution >= 4 is 5.96 Å². The number of hydrogen-bond acceptors (Lipinski definition) is 4. The minimum Gasteiger partial charge on any atom is -0.389 e. The highest BCUT2D eigenvalue weighted by Crippen LogP contribution is 2.15. The van der Waals surface area contributed by atoms with Crippen molar-refractivity contribution in [3.8, 4) is 0 Å². The average molecular weight is 337 g/mol. The number of aliphatic hydroxyl groups is 1. The second-order valence-electron chi connectivity index (χ2n) is 5.38. The van der Waals surface area contributed by atoms with E-state index >= 15 is 0 Å². The van der Waals surface area contributed by atoms with E-state index in [0.717, 1.165) is 12.1 Å². The lowest BCUT2D eigenvalue weighted by atomic mass is 10.1. The Morgan fingerprint density at radius 3 is 2.62 bits per heavy atom. The zero-order chi connectivity index (χ0) is 17.6. The smallest absolute Gasteiger partial charge is 0.191 e. The van der Waals surface area contributed by atoms with E-state index in [4.69, 9.17) is 9.47 Å². The molecule has 0 aliphatic heterocycles. The van der Waals surface area contributed by atoms with Crippen molar-refractivity contribution in [2.45, 2.75) is 33.0 Å². The Hall–Kier alpha value is -1.63. The molecular weight excluding hydrogens is 306 g/mol. The molecule has 1 aromatic rings. The second kappa shape index (κ2) is 12.8. The minimum absolute atomic E-state index is 0.0533. The first kappa shape index (κ1) is 20.4. The van der Waals surface area contributed by atoms with Crippen LogP contribution in [-0.4, -0.2) is 56.6 Å². The molecule has 2 atom stereocenters. The minimum atomic E-state index is -0.640. The molecule has 1 aromatic carbocycles. The van der Waals surface area contributed by atoms with Crippen LogP contribution in [0, 0.1) is 0 Å². The highest BCUT2D eigenvalue weighted by Gasteiger charge is 2.09. The van der Waals surface area contributed by atoms with Gasteiger partial charge in [0.2, 0.25) is 0 Å². The van der Waals surface area contributed by atoms with E-state index in [1.165, 1.54) is 0 Å². The van der Waals surface area contributed by atoms with E-state index in [1.807, 2.05) is 51.1 Å². The number of benzene rings is 1. The van der Waals surface area contributed by atoms with Crippen LogP contribution in [0.1, 0.15) is 32.4 Å². The van der Waals surface area contributed by atoms with Gasteiger partial charge < -0.3 is 25.2 Å². The lowest BCUT2D eigenvalue weighted by Crippen LogP contribution is -2.39. The summed E-state index contributed by atoms with van der Waals surface area (Å²) in [5.74, 6) is 0.673. The van der Waals surface area contributed by atoms with Crippen molar-refractivity contribution in [3.63, 3.8) is 0 Å². The van der Waals surface area contributed by atoms with Gasteiger partial charge in [0, 0.05) is 19.7 Å². The van der Waals surface area contributed by atoms with E-state index in [0.29, 0.717) is 25.7 Å². The Bertz CT molecular complexity index is 454. The molecule has 0 radical (unpaired) electrons. The Kier molecular flexibility index (Phi) is 10.8. The molecule has 0 heterocycles. The Balaban J connectivity index is 2.33. The first-order chi connectivity index (χ1) is 11.7. The number of aliphatic imine (C=N–C) groups is 1. The largest absolute Gasteiger partial charge is 0.389 e. The predicted molar refractivity (Wildman–Crippen MR) is 97.3 cm³/mol. The first-order valence-electron chi connectivity index (χ1n) is 8.61. The number of hydrogen-bond donors (Lipinski definition) is 3. The van der Waals surface area contributed by atoms with E-state index in [-0.39, 0.29) is 19.3 Å². The Labute approximate surface area is 145 Å². The molecule has 0 fully saturated rings. The van der Waals surface area contributed by atoms with Gasteiger partial charge in [0.25, 0.3) is 0 Å². The molecule has 6 heteroatoms. The second-order valence-corrected chi connectivity index (χ2v) is 5.38. The highest BCUT2D eigenvalue weighted by atomic mass is 16.5. The lowest BCUT2D eigenvalue weighted by molar-refractivity contribution is 0.00111. The summed E-state index contributed by atoms with van der Waals surface area (Å²) >= 11 is 0. The van der Waals surface area contributed by atoms with Crippen molar-refractivity contribution in [1.82, 2.24) is 10.6 Å². The van der Waals surface area contributed by atoms with Gasteiger partial charge in [-0.3, -0.25) is 4.99 Å². The van der Waals surface area contributed by atoms with Gasteiger partial charge in [0.05, 0.1) is 32.0 Å². The zero-order valence-electron chi connectivity index (χ0n) is 15.0. The molecule has 1 rings (SSSR count). The summed E-state index contributed by atoms with van der Waals surface area (Å²) in [6, 6.07) is 9.96. The molecule has 24 heavy (non-hydrogen) atoms. The molecule has 0 aliphatic carbocycles. The molecule has 6 nitrogen and oxygen atoms in total. The zero-order valence-corrected chi connectivity index (χ0v) is 15.0. The highest BCUT2D eigenvalue weighted by molar-refractivity contribution is 5.79. The van der Waals surface area contributed by atoms with E-state index < -0.39 is 6.10 Å². The van der Waals surface area contributed by atoms with Gasteiger partial charge in [-0.05, 0) is 26.3 Å². The van der Waals surface area contributed by atoms with Crippen LogP contribution in [0.15, 0.2) is 35.3 Å². The summed E-state index contributed by atoms with van der Waals surface area (Å²) in [7, 11) is 0. The summed E-state index contributed by atoms with van der Waals surface area (Å²) in [5, 5.41) is 16.4. The maximum Gasteiger partial charge on any atom is 0.191 e. The maximum atomic E-state index is 10.1. The molecule has 0 saturated carbocycles. The Morgan fingerprint density at radius 2 is 1.96 bits per heavy atom. The summed E-state index contributed by atoms with van der Waals surface area (Å²) in [6.07, 6.45) is -0.694. The summed E-state index contributed by atoms with van der Waals surface area (Å²) in [5.41, 5.74) is 1.10. The number of aliphatic hydroxyl groups excluding tert-OH is 1. The molecule has 3 N–H and O–H groups in total. The summed E-state index contributed by atoms with van der Waals surface area (Å²) in [4.78, 5) is 4.37. The molecule has 136 valence electrons. The molecular formula is C18H31N3O3. The van der Waals surface area contributed by atoms with Crippen molar-refractivity contribution in [3.05, 3.63) is 35.9 Å².